The normalized spacial score (nSPS) is 18.6. The lowest BCUT2D eigenvalue weighted by Crippen LogP contribution is -2.31. The van der Waals surface area contributed by atoms with Crippen molar-refractivity contribution in [1.29, 1.82) is 0 Å². The summed E-state index contributed by atoms with van der Waals surface area (Å²) < 4.78 is 0. The largest absolute Gasteiger partial charge is 0.507 e. The number of phenolic OH excluding ortho intramolecular Hbond substituents is 1. The van der Waals surface area contributed by atoms with Gasteiger partial charge in [-0.25, -0.2) is 0 Å². The Balaban J connectivity index is 2.04. The summed E-state index contributed by atoms with van der Waals surface area (Å²) in [5, 5.41) is 21.0. The summed E-state index contributed by atoms with van der Waals surface area (Å²) in [5.41, 5.74) is 1.35. The minimum atomic E-state index is 0.00443. The van der Waals surface area contributed by atoms with Gasteiger partial charge in [-0.2, -0.15) is 0 Å². The molecule has 1 aliphatic heterocycles. The Kier molecular flexibility index (Phi) is 3.32. The van der Waals surface area contributed by atoms with Crippen LogP contribution in [-0.4, -0.2) is 35.7 Å². The molecule has 0 aromatic heterocycles. The lowest BCUT2D eigenvalue weighted by atomic mass is 10.1. The smallest absolute Gasteiger partial charge is 0.153 e. The Hall–Kier alpha value is -2.07. The van der Waals surface area contributed by atoms with E-state index in [2.05, 4.69) is 4.90 Å². The summed E-state index contributed by atoms with van der Waals surface area (Å²) in [6, 6.07) is 9.43. The first-order valence-corrected chi connectivity index (χ1v) is 6.82. The van der Waals surface area contributed by atoms with Crippen molar-refractivity contribution in [3.05, 3.63) is 35.9 Å². The molecular weight excluding hydrogens is 254 g/mol. The third-order valence-electron chi connectivity index (χ3n) is 4.02. The standard InChI is InChI=1S/C16H17NO3/c18-9-13-6-11-3-4-14(7-12(11)8-16(13)20)17-5-1-2-15(17)10-19/h3-4,6-9,15,19-20H,1-2,5,10H2. The molecular formula is C16H17NO3. The van der Waals surface area contributed by atoms with Crippen LogP contribution < -0.4 is 4.90 Å². The van der Waals surface area contributed by atoms with Crippen molar-refractivity contribution >= 4 is 22.7 Å². The predicted molar refractivity (Wildman–Crippen MR) is 78.5 cm³/mol. The molecule has 0 saturated carbocycles. The van der Waals surface area contributed by atoms with Gasteiger partial charge >= 0.3 is 0 Å². The number of carbonyl (C=O) groups excluding carboxylic acids is 1. The fraction of sp³-hybridized carbons (Fsp3) is 0.312. The number of hydrogen-bond acceptors (Lipinski definition) is 4. The number of carbonyl (C=O) groups is 1. The first-order valence-electron chi connectivity index (χ1n) is 6.82. The van der Waals surface area contributed by atoms with Crippen molar-refractivity contribution in [2.45, 2.75) is 18.9 Å². The molecule has 20 heavy (non-hydrogen) atoms. The van der Waals surface area contributed by atoms with E-state index in [0.29, 0.717) is 11.8 Å². The molecule has 2 aromatic rings. The van der Waals surface area contributed by atoms with Crippen LogP contribution in [0.2, 0.25) is 0 Å². The van der Waals surface area contributed by atoms with Gasteiger partial charge in [0.15, 0.2) is 6.29 Å². The van der Waals surface area contributed by atoms with Crippen molar-refractivity contribution in [2.75, 3.05) is 18.1 Å². The van der Waals surface area contributed by atoms with Gasteiger partial charge in [0, 0.05) is 12.2 Å². The first kappa shape index (κ1) is 12.9. The van der Waals surface area contributed by atoms with Gasteiger partial charge in [0.05, 0.1) is 18.2 Å². The average molecular weight is 271 g/mol. The summed E-state index contributed by atoms with van der Waals surface area (Å²) in [5.74, 6) is 0.00443. The zero-order chi connectivity index (χ0) is 14.1. The number of fused-ring (bicyclic) bond motifs is 1. The Bertz CT molecular complexity index is 653. The lowest BCUT2D eigenvalue weighted by molar-refractivity contribution is 0.112. The van der Waals surface area contributed by atoms with Gasteiger partial charge in [0.25, 0.3) is 0 Å². The molecule has 104 valence electrons. The fourth-order valence-electron chi connectivity index (χ4n) is 2.93. The Morgan fingerprint density at radius 3 is 2.85 bits per heavy atom. The molecule has 3 rings (SSSR count). The van der Waals surface area contributed by atoms with Gasteiger partial charge < -0.3 is 15.1 Å². The first-order chi connectivity index (χ1) is 9.72. The van der Waals surface area contributed by atoms with Gasteiger partial charge in [-0.15, -0.1) is 0 Å². The highest BCUT2D eigenvalue weighted by molar-refractivity contribution is 5.93. The summed E-state index contributed by atoms with van der Waals surface area (Å²) >= 11 is 0. The number of aldehydes is 1. The third-order valence-corrected chi connectivity index (χ3v) is 4.02. The van der Waals surface area contributed by atoms with Gasteiger partial charge in [0.1, 0.15) is 5.75 Å². The number of aliphatic hydroxyl groups excluding tert-OH is 1. The van der Waals surface area contributed by atoms with Crippen LogP contribution in [0.15, 0.2) is 30.3 Å². The van der Waals surface area contributed by atoms with Crippen LogP contribution in [0.3, 0.4) is 0 Å². The zero-order valence-electron chi connectivity index (χ0n) is 11.1. The highest BCUT2D eigenvalue weighted by Crippen LogP contribution is 2.31. The number of anilines is 1. The second kappa shape index (κ2) is 5.13. The van der Waals surface area contributed by atoms with E-state index >= 15 is 0 Å². The number of benzene rings is 2. The van der Waals surface area contributed by atoms with E-state index in [1.165, 1.54) is 0 Å². The molecule has 2 aromatic carbocycles. The van der Waals surface area contributed by atoms with Crippen LogP contribution in [0.5, 0.6) is 5.75 Å². The molecule has 2 N–H and O–H groups in total. The van der Waals surface area contributed by atoms with E-state index in [-0.39, 0.29) is 18.4 Å². The van der Waals surface area contributed by atoms with E-state index < -0.39 is 0 Å². The number of nitrogens with zero attached hydrogens (tertiary/aromatic N) is 1. The molecule has 0 bridgehead atoms. The number of hydrogen-bond donors (Lipinski definition) is 2. The number of rotatable bonds is 3. The Labute approximate surface area is 117 Å². The maximum atomic E-state index is 10.8. The van der Waals surface area contributed by atoms with Crippen LogP contribution in [0.25, 0.3) is 10.8 Å². The SMILES string of the molecule is O=Cc1cc2ccc(N3CCCC3CO)cc2cc1O. The number of aromatic hydroxyl groups is 1. The van der Waals surface area contributed by atoms with Crippen LogP contribution in [0.4, 0.5) is 5.69 Å². The van der Waals surface area contributed by atoms with E-state index in [9.17, 15) is 15.0 Å². The zero-order valence-corrected chi connectivity index (χ0v) is 11.1. The summed E-state index contributed by atoms with van der Waals surface area (Å²) in [7, 11) is 0. The molecule has 0 spiro atoms. The molecule has 1 fully saturated rings. The topological polar surface area (TPSA) is 60.8 Å². The quantitative estimate of drug-likeness (QED) is 0.841. The highest BCUT2D eigenvalue weighted by Gasteiger charge is 2.23. The van der Waals surface area contributed by atoms with E-state index in [4.69, 9.17) is 0 Å². The maximum absolute atomic E-state index is 10.8. The molecule has 1 aliphatic rings. The monoisotopic (exact) mass is 271 g/mol. The Morgan fingerprint density at radius 2 is 2.10 bits per heavy atom. The third kappa shape index (κ3) is 2.12. The van der Waals surface area contributed by atoms with E-state index in [1.54, 1.807) is 12.1 Å². The maximum Gasteiger partial charge on any atom is 0.153 e. The van der Waals surface area contributed by atoms with Crippen LogP contribution >= 0.6 is 0 Å². The van der Waals surface area contributed by atoms with Crippen molar-refractivity contribution < 1.29 is 15.0 Å². The predicted octanol–water partition coefficient (Wildman–Crippen LogP) is 2.32. The van der Waals surface area contributed by atoms with Gasteiger partial charge in [0.2, 0.25) is 0 Å². The Morgan fingerprint density at radius 1 is 1.25 bits per heavy atom. The molecule has 4 heteroatoms. The van der Waals surface area contributed by atoms with Crippen molar-refractivity contribution in [1.82, 2.24) is 0 Å². The summed E-state index contributed by atoms with van der Waals surface area (Å²) in [4.78, 5) is 13.0. The second-order valence-electron chi connectivity index (χ2n) is 5.23. The lowest BCUT2D eigenvalue weighted by Gasteiger charge is -2.25. The van der Waals surface area contributed by atoms with Gasteiger partial charge in [-0.1, -0.05) is 6.07 Å². The summed E-state index contributed by atoms with van der Waals surface area (Å²) in [6.45, 7) is 1.10. The number of aliphatic hydroxyl groups is 1. The molecule has 1 saturated heterocycles. The molecule has 0 aliphatic carbocycles. The minimum absolute atomic E-state index is 0.00443. The minimum Gasteiger partial charge on any atom is -0.507 e. The fourth-order valence-corrected chi connectivity index (χ4v) is 2.93. The van der Waals surface area contributed by atoms with Crippen LogP contribution in [0, 0.1) is 0 Å². The van der Waals surface area contributed by atoms with Gasteiger partial charge in [-0.05, 0) is 47.9 Å². The molecule has 1 unspecified atom stereocenters. The number of phenols is 1. The summed E-state index contributed by atoms with van der Waals surface area (Å²) in [6.07, 6.45) is 2.74. The second-order valence-corrected chi connectivity index (χ2v) is 5.23. The van der Waals surface area contributed by atoms with Gasteiger partial charge in [-0.3, -0.25) is 4.79 Å². The van der Waals surface area contributed by atoms with E-state index in [0.717, 1.165) is 35.8 Å². The van der Waals surface area contributed by atoms with Crippen LogP contribution in [0.1, 0.15) is 23.2 Å². The van der Waals surface area contributed by atoms with E-state index in [1.807, 2.05) is 18.2 Å². The molecule has 0 amide bonds. The molecule has 4 nitrogen and oxygen atoms in total. The van der Waals surface area contributed by atoms with Crippen LogP contribution in [-0.2, 0) is 0 Å². The highest BCUT2D eigenvalue weighted by atomic mass is 16.3. The van der Waals surface area contributed by atoms with Crippen molar-refractivity contribution in [3.8, 4) is 5.75 Å². The average Bonchev–Trinajstić information content (AvgIpc) is 2.94. The molecule has 1 heterocycles. The van der Waals surface area contributed by atoms with Crippen molar-refractivity contribution in [3.63, 3.8) is 0 Å². The molecule has 1 atom stereocenters. The molecule has 0 radical (unpaired) electrons. The van der Waals surface area contributed by atoms with Crippen molar-refractivity contribution in [2.24, 2.45) is 0 Å².